The van der Waals surface area contributed by atoms with Crippen LogP contribution in [0.2, 0.25) is 0 Å². The summed E-state index contributed by atoms with van der Waals surface area (Å²) in [6.07, 6.45) is 10.6. The molecule has 0 unspecified atom stereocenters. The number of carbonyl (C=O) groups excluding carboxylic acids is 1. The molecule has 2 aromatic heterocycles. The summed E-state index contributed by atoms with van der Waals surface area (Å²) < 4.78 is 0. The van der Waals surface area contributed by atoms with Gasteiger partial charge in [0.15, 0.2) is 0 Å². The van der Waals surface area contributed by atoms with Crippen molar-refractivity contribution in [3.8, 4) is 0 Å². The summed E-state index contributed by atoms with van der Waals surface area (Å²) in [5.41, 5.74) is 2.68. The van der Waals surface area contributed by atoms with E-state index in [0.717, 1.165) is 24.3 Å². The molecule has 3 heterocycles. The van der Waals surface area contributed by atoms with E-state index in [1.807, 2.05) is 24.4 Å². The molecule has 1 fully saturated rings. The molecule has 1 aliphatic rings. The summed E-state index contributed by atoms with van der Waals surface area (Å²) in [6.45, 7) is 2.59. The highest BCUT2D eigenvalue weighted by atomic mass is 16.1. The lowest BCUT2D eigenvalue weighted by Crippen LogP contribution is -2.30. The lowest BCUT2D eigenvalue weighted by atomic mass is 10.1. The maximum atomic E-state index is 12.3. The van der Waals surface area contributed by atoms with Crippen LogP contribution in [0.5, 0.6) is 0 Å². The molecule has 5 nitrogen and oxygen atoms in total. The largest absolute Gasteiger partial charge is 0.370 e. The SMILES string of the molecule is O=C(NCc1ccncc1)c1cncc(N2CCCCC2)c1. The zero-order valence-electron chi connectivity index (χ0n) is 12.5. The number of nitrogens with one attached hydrogen (secondary N) is 1. The molecule has 3 rings (SSSR count). The summed E-state index contributed by atoms with van der Waals surface area (Å²) in [4.78, 5) is 22.8. The number of pyridine rings is 2. The molecule has 114 valence electrons. The number of hydrogen-bond acceptors (Lipinski definition) is 4. The molecular formula is C17H20N4O. The Morgan fingerprint density at radius 3 is 2.64 bits per heavy atom. The highest BCUT2D eigenvalue weighted by molar-refractivity contribution is 5.94. The number of rotatable bonds is 4. The highest BCUT2D eigenvalue weighted by Crippen LogP contribution is 2.19. The van der Waals surface area contributed by atoms with Crippen LogP contribution in [-0.2, 0) is 6.54 Å². The molecule has 2 aromatic rings. The van der Waals surface area contributed by atoms with E-state index >= 15 is 0 Å². The van der Waals surface area contributed by atoms with E-state index in [-0.39, 0.29) is 5.91 Å². The van der Waals surface area contributed by atoms with Crippen molar-refractivity contribution in [1.82, 2.24) is 15.3 Å². The topological polar surface area (TPSA) is 58.1 Å². The summed E-state index contributed by atoms with van der Waals surface area (Å²) in [5.74, 6) is -0.0943. The molecule has 1 saturated heterocycles. The van der Waals surface area contributed by atoms with Crippen molar-refractivity contribution in [3.63, 3.8) is 0 Å². The minimum atomic E-state index is -0.0943. The zero-order chi connectivity index (χ0) is 15.2. The Morgan fingerprint density at radius 1 is 1.09 bits per heavy atom. The molecule has 0 spiro atoms. The average molecular weight is 296 g/mol. The van der Waals surface area contributed by atoms with Gasteiger partial charge < -0.3 is 10.2 Å². The molecule has 1 N–H and O–H groups in total. The number of carbonyl (C=O) groups is 1. The van der Waals surface area contributed by atoms with Crippen LogP contribution < -0.4 is 10.2 Å². The molecule has 0 radical (unpaired) electrons. The lowest BCUT2D eigenvalue weighted by molar-refractivity contribution is 0.0950. The third kappa shape index (κ3) is 3.61. The van der Waals surface area contributed by atoms with Crippen LogP contribution in [0.25, 0.3) is 0 Å². The Balaban J connectivity index is 1.64. The van der Waals surface area contributed by atoms with E-state index in [4.69, 9.17) is 0 Å². The fourth-order valence-corrected chi connectivity index (χ4v) is 2.66. The minimum absolute atomic E-state index is 0.0943. The Hall–Kier alpha value is -2.43. The van der Waals surface area contributed by atoms with Crippen LogP contribution >= 0.6 is 0 Å². The van der Waals surface area contributed by atoms with Crippen LogP contribution in [0.4, 0.5) is 5.69 Å². The van der Waals surface area contributed by atoms with Gasteiger partial charge in [0, 0.05) is 38.2 Å². The maximum Gasteiger partial charge on any atom is 0.253 e. The number of amides is 1. The predicted octanol–water partition coefficient (Wildman–Crippen LogP) is 2.40. The van der Waals surface area contributed by atoms with Gasteiger partial charge in [-0.15, -0.1) is 0 Å². The number of aromatic nitrogens is 2. The summed E-state index contributed by atoms with van der Waals surface area (Å²) in [5, 5.41) is 2.92. The van der Waals surface area contributed by atoms with Gasteiger partial charge in [-0.25, -0.2) is 0 Å². The smallest absolute Gasteiger partial charge is 0.253 e. The second kappa shape index (κ2) is 7.02. The number of anilines is 1. The zero-order valence-corrected chi connectivity index (χ0v) is 12.5. The van der Waals surface area contributed by atoms with Crippen molar-refractivity contribution in [3.05, 3.63) is 54.1 Å². The van der Waals surface area contributed by atoms with Crippen molar-refractivity contribution < 1.29 is 4.79 Å². The first-order valence-corrected chi connectivity index (χ1v) is 7.70. The van der Waals surface area contributed by atoms with Gasteiger partial charge in [-0.3, -0.25) is 14.8 Å². The van der Waals surface area contributed by atoms with E-state index in [1.54, 1.807) is 18.6 Å². The summed E-state index contributed by atoms with van der Waals surface area (Å²) in [6, 6.07) is 5.71. The third-order valence-corrected chi connectivity index (χ3v) is 3.91. The second-order valence-electron chi connectivity index (χ2n) is 5.52. The summed E-state index contributed by atoms with van der Waals surface area (Å²) >= 11 is 0. The first-order valence-electron chi connectivity index (χ1n) is 7.70. The standard InChI is InChI=1S/C17H20N4O/c22-17(20-11-14-4-6-18-7-5-14)15-10-16(13-19-12-15)21-8-2-1-3-9-21/h4-7,10,12-13H,1-3,8-9,11H2,(H,20,22). The number of piperidine rings is 1. The molecule has 0 bridgehead atoms. The van der Waals surface area contributed by atoms with Crippen molar-refractivity contribution in [2.75, 3.05) is 18.0 Å². The van der Waals surface area contributed by atoms with Crippen LogP contribution in [0.15, 0.2) is 43.0 Å². The Morgan fingerprint density at radius 2 is 1.86 bits per heavy atom. The van der Waals surface area contributed by atoms with Gasteiger partial charge in [-0.1, -0.05) is 0 Å². The van der Waals surface area contributed by atoms with Crippen LogP contribution in [0.1, 0.15) is 35.2 Å². The molecule has 1 aliphatic heterocycles. The van der Waals surface area contributed by atoms with Gasteiger partial charge in [-0.05, 0) is 43.0 Å². The van der Waals surface area contributed by atoms with Gasteiger partial charge in [0.05, 0.1) is 17.4 Å². The Kier molecular flexibility index (Phi) is 4.63. The van der Waals surface area contributed by atoms with Gasteiger partial charge in [0.1, 0.15) is 0 Å². The first-order chi connectivity index (χ1) is 10.8. The molecule has 0 aliphatic carbocycles. The number of hydrogen-bond donors (Lipinski definition) is 1. The fourth-order valence-electron chi connectivity index (χ4n) is 2.66. The van der Waals surface area contributed by atoms with Gasteiger partial charge in [0.25, 0.3) is 5.91 Å². The predicted molar refractivity (Wildman–Crippen MR) is 85.7 cm³/mol. The Bertz CT molecular complexity index is 624. The molecular weight excluding hydrogens is 276 g/mol. The van der Waals surface area contributed by atoms with E-state index in [1.165, 1.54) is 19.3 Å². The number of nitrogens with zero attached hydrogens (tertiary/aromatic N) is 3. The van der Waals surface area contributed by atoms with Crippen molar-refractivity contribution >= 4 is 11.6 Å². The summed E-state index contributed by atoms with van der Waals surface area (Å²) in [7, 11) is 0. The monoisotopic (exact) mass is 296 g/mol. The van der Waals surface area contributed by atoms with Crippen molar-refractivity contribution in [1.29, 1.82) is 0 Å². The lowest BCUT2D eigenvalue weighted by Gasteiger charge is -2.28. The van der Waals surface area contributed by atoms with Gasteiger partial charge in [-0.2, -0.15) is 0 Å². The van der Waals surface area contributed by atoms with Gasteiger partial charge in [0.2, 0.25) is 0 Å². The van der Waals surface area contributed by atoms with E-state index < -0.39 is 0 Å². The molecule has 0 saturated carbocycles. The quantitative estimate of drug-likeness (QED) is 0.941. The maximum absolute atomic E-state index is 12.3. The minimum Gasteiger partial charge on any atom is -0.370 e. The molecule has 1 amide bonds. The third-order valence-electron chi connectivity index (χ3n) is 3.91. The normalized spacial score (nSPS) is 14.6. The van der Waals surface area contributed by atoms with Crippen LogP contribution in [-0.4, -0.2) is 29.0 Å². The van der Waals surface area contributed by atoms with E-state index in [9.17, 15) is 4.79 Å². The molecule has 22 heavy (non-hydrogen) atoms. The molecule has 0 atom stereocenters. The van der Waals surface area contributed by atoms with Gasteiger partial charge >= 0.3 is 0 Å². The van der Waals surface area contributed by atoms with Crippen LogP contribution in [0.3, 0.4) is 0 Å². The fraction of sp³-hybridized carbons (Fsp3) is 0.353. The van der Waals surface area contributed by atoms with E-state index in [2.05, 4.69) is 20.2 Å². The van der Waals surface area contributed by atoms with Crippen LogP contribution in [0, 0.1) is 0 Å². The highest BCUT2D eigenvalue weighted by Gasteiger charge is 2.13. The first kappa shape index (κ1) is 14.5. The molecule has 5 heteroatoms. The molecule has 0 aromatic carbocycles. The second-order valence-corrected chi connectivity index (χ2v) is 5.52. The van der Waals surface area contributed by atoms with Crippen molar-refractivity contribution in [2.45, 2.75) is 25.8 Å². The van der Waals surface area contributed by atoms with Crippen molar-refractivity contribution in [2.24, 2.45) is 0 Å². The average Bonchev–Trinajstić information content (AvgIpc) is 2.61. The van der Waals surface area contributed by atoms with E-state index in [0.29, 0.717) is 12.1 Å². The Labute approximate surface area is 130 Å².